The predicted octanol–water partition coefficient (Wildman–Crippen LogP) is 9.80. The van der Waals surface area contributed by atoms with Crippen molar-refractivity contribution in [1.29, 1.82) is 0 Å². The van der Waals surface area contributed by atoms with Crippen LogP contribution in [0.15, 0.2) is 194 Å². The van der Waals surface area contributed by atoms with E-state index in [0.717, 1.165) is 23.1 Å². The number of hydrogen-bond donors (Lipinski definition) is 1. The highest BCUT2D eigenvalue weighted by atomic mass is 16.7. The Morgan fingerprint density at radius 2 is 0.618 bits per heavy atom. The van der Waals surface area contributed by atoms with Crippen LogP contribution in [0.2, 0.25) is 0 Å². The summed E-state index contributed by atoms with van der Waals surface area (Å²) in [6, 6.07) is 63.0. The summed E-state index contributed by atoms with van der Waals surface area (Å²) in [5, 5.41) is 9.13. The Morgan fingerprint density at radius 3 is 0.912 bits per heavy atom. The molecule has 23 heteroatoms. The number of benzene rings is 6. The van der Waals surface area contributed by atoms with Crippen LogP contribution in [-0.4, -0.2) is 209 Å². The molecule has 1 N–H and O–H groups in total. The Labute approximate surface area is 597 Å². The van der Waals surface area contributed by atoms with E-state index in [-0.39, 0.29) is 137 Å². The molecule has 3 saturated heterocycles. The summed E-state index contributed by atoms with van der Waals surface area (Å²) in [4.78, 5) is 111. The molecule has 102 heavy (non-hydrogen) atoms. The molecule has 1 saturated carbocycles. The molecule has 5 aliphatic rings. The molecule has 0 radical (unpaired) electrons. The first-order valence-electron chi connectivity index (χ1n) is 34.2. The Kier molecular flexibility index (Phi) is 30.3. The maximum atomic E-state index is 13.0. The zero-order valence-corrected chi connectivity index (χ0v) is 56.1. The molecule has 0 aromatic heterocycles. The van der Waals surface area contributed by atoms with E-state index < -0.39 is 58.6 Å². The Balaban J connectivity index is 0.000000261. The van der Waals surface area contributed by atoms with Crippen molar-refractivity contribution in [3.63, 3.8) is 0 Å². The molecular formula is C79H95N5O18. The molecule has 0 unspecified atom stereocenters. The highest BCUT2D eigenvalue weighted by molar-refractivity contribution is 6.06. The number of aliphatic carboxylic acids is 1. The van der Waals surface area contributed by atoms with Gasteiger partial charge in [-0.25, -0.2) is 14.4 Å². The second kappa shape index (κ2) is 39.6. The lowest BCUT2D eigenvalue weighted by molar-refractivity contribution is -0.199. The van der Waals surface area contributed by atoms with Crippen LogP contribution in [-0.2, 0) is 82.6 Å². The van der Waals surface area contributed by atoms with Crippen molar-refractivity contribution in [1.82, 2.24) is 24.7 Å². The molecule has 4 atom stereocenters. The topological polar surface area (TPSA) is 256 Å². The van der Waals surface area contributed by atoms with E-state index in [1.54, 1.807) is 9.80 Å². The van der Waals surface area contributed by atoms with Gasteiger partial charge in [0.1, 0.15) is 26.4 Å². The Morgan fingerprint density at radius 1 is 0.353 bits per heavy atom. The van der Waals surface area contributed by atoms with Crippen LogP contribution in [0, 0.1) is 23.7 Å². The van der Waals surface area contributed by atoms with E-state index in [4.69, 9.17) is 47.8 Å². The Hall–Kier alpha value is -9.62. The van der Waals surface area contributed by atoms with Crippen molar-refractivity contribution in [2.75, 3.05) is 132 Å². The molecule has 2 aliphatic carbocycles. The fourth-order valence-electron chi connectivity index (χ4n) is 13.9. The number of carboxylic acid groups (broad SMARTS) is 1. The lowest BCUT2D eigenvalue weighted by Gasteiger charge is -2.48. The van der Waals surface area contributed by atoms with Gasteiger partial charge in [0.25, 0.3) is 11.8 Å². The predicted molar refractivity (Wildman–Crippen MR) is 378 cm³/mol. The first-order chi connectivity index (χ1) is 48.9. The minimum absolute atomic E-state index is 0. The first-order valence-corrected chi connectivity index (χ1v) is 34.2. The summed E-state index contributed by atoms with van der Waals surface area (Å²) >= 11 is 0. The van der Waals surface area contributed by atoms with E-state index in [2.05, 4.69) is 155 Å². The lowest BCUT2D eigenvalue weighted by Crippen LogP contribution is -2.57. The van der Waals surface area contributed by atoms with Crippen molar-refractivity contribution in [3.05, 3.63) is 228 Å². The van der Waals surface area contributed by atoms with Gasteiger partial charge in [-0.15, -0.1) is 5.06 Å². The molecule has 0 spiro atoms. The first kappa shape index (κ1) is 78.1. The molecule has 11 rings (SSSR count). The number of rotatable bonds is 33. The Bertz CT molecular complexity index is 3410. The van der Waals surface area contributed by atoms with Gasteiger partial charge in [0.15, 0.2) is 0 Å². The SMILES string of the molecule is C.C.O=C(CCC(=O)ON1C(=O)[C@@H]2[C@H](C1=O)[C@@H]1C=C[C@H]2C1)OCCOCCOCCOC(=O)N1CCN(C(c2ccccc2)(c2ccccc2)c2ccccc2)CC1.O=C(O)CCC(=O)OCCOCCOCCOC(=O)N1CCN(C(c2ccccc2)(c2ccccc2)c2ccccc2)CC1. The molecule has 23 nitrogen and oxygen atoms in total. The molecular weight excluding hydrogens is 1310 g/mol. The minimum atomic E-state index is -1.05. The van der Waals surface area contributed by atoms with Gasteiger partial charge in [0, 0.05) is 52.4 Å². The van der Waals surface area contributed by atoms with Gasteiger partial charge >= 0.3 is 36.1 Å². The summed E-state index contributed by atoms with van der Waals surface area (Å²) < 4.78 is 42.7. The maximum absolute atomic E-state index is 13.0. The smallest absolute Gasteiger partial charge is 0.409 e. The number of piperazine rings is 2. The van der Waals surface area contributed by atoms with Crippen molar-refractivity contribution in [3.8, 4) is 0 Å². The second-order valence-corrected chi connectivity index (χ2v) is 24.5. The highest BCUT2D eigenvalue weighted by Crippen LogP contribution is 2.53. The number of ether oxygens (including phenoxy) is 8. The third-order valence-electron chi connectivity index (χ3n) is 18.5. The molecule has 2 bridgehead atoms. The van der Waals surface area contributed by atoms with E-state index in [1.807, 2.05) is 48.6 Å². The largest absolute Gasteiger partial charge is 0.481 e. The minimum Gasteiger partial charge on any atom is -0.481 e. The van der Waals surface area contributed by atoms with E-state index in [0.29, 0.717) is 64.0 Å². The standard InChI is InChI=1S/C43H47N3O10.C34H40N2O8.2CH4/c47-36(18-19-37(48)56-46-40(49)38-31-16-17-32(30-31)39(38)41(46)50)54-28-26-52-24-25-53-27-29-55-42(51)44-20-22-45(23-21-44)43(33-10-4-1-5-11-33,34-12-6-2-7-13-34)35-14-8-3-9-15-35;37-31(38)16-17-32(39)43-26-24-41-22-23-42-25-27-44-33(40)35-18-20-36(21-19-35)34(28-10-4-1-5-11-28,29-12-6-2-7-13-29)30-14-8-3-9-15-30;;/h1-17,31-32,38-39H,18-30H2;1-15H,16-27H2,(H,37,38);2*1H4/t31-,32+,38-,39+;;;. The van der Waals surface area contributed by atoms with Gasteiger partial charge in [-0.2, -0.15) is 0 Å². The van der Waals surface area contributed by atoms with Crippen molar-refractivity contribution in [2.45, 2.75) is 58.0 Å². The number of fused-ring (bicyclic) bond motifs is 5. The number of imide groups is 1. The van der Waals surface area contributed by atoms with Crippen LogP contribution >= 0.6 is 0 Å². The lowest BCUT2D eigenvalue weighted by atomic mass is 9.75. The fourth-order valence-corrected chi connectivity index (χ4v) is 13.9. The summed E-state index contributed by atoms with van der Waals surface area (Å²) in [5.41, 5.74) is 5.95. The number of carboxylic acids is 1. The third kappa shape index (κ3) is 19.7. The monoisotopic (exact) mass is 1400 g/mol. The zero-order valence-electron chi connectivity index (χ0n) is 56.1. The van der Waals surface area contributed by atoms with Crippen LogP contribution in [0.3, 0.4) is 0 Å². The maximum Gasteiger partial charge on any atom is 0.409 e. The average molecular weight is 1400 g/mol. The van der Waals surface area contributed by atoms with Crippen LogP contribution in [0.1, 0.15) is 80.3 Å². The number of carbonyl (C=O) groups is 8. The van der Waals surface area contributed by atoms with E-state index >= 15 is 0 Å². The number of carbonyl (C=O) groups excluding carboxylic acids is 7. The number of esters is 2. The number of nitrogens with zero attached hydrogens (tertiary/aromatic N) is 5. The zero-order chi connectivity index (χ0) is 69.9. The van der Waals surface area contributed by atoms with Gasteiger partial charge in [0.05, 0.1) is 101 Å². The van der Waals surface area contributed by atoms with E-state index in [9.17, 15) is 38.4 Å². The number of hydrogen-bond acceptors (Lipinski definition) is 19. The summed E-state index contributed by atoms with van der Waals surface area (Å²) in [5.74, 6) is -5.00. The van der Waals surface area contributed by atoms with Crippen molar-refractivity contribution >= 4 is 47.9 Å². The molecule has 3 aliphatic heterocycles. The second-order valence-electron chi connectivity index (χ2n) is 24.5. The fraction of sp³-hybridized carbons (Fsp3) is 0.418. The van der Waals surface area contributed by atoms with Crippen molar-refractivity contribution in [2.24, 2.45) is 23.7 Å². The molecule has 6 aromatic carbocycles. The van der Waals surface area contributed by atoms with E-state index in [1.165, 1.54) is 16.7 Å². The highest BCUT2D eigenvalue weighted by Gasteiger charge is 2.61. The number of hydroxylamine groups is 2. The summed E-state index contributed by atoms with van der Waals surface area (Å²) in [6.45, 7) is 6.76. The summed E-state index contributed by atoms with van der Waals surface area (Å²) in [6.07, 6.45) is 2.92. The van der Waals surface area contributed by atoms with Gasteiger partial charge < -0.3 is 57.6 Å². The van der Waals surface area contributed by atoms with Gasteiger partial charge in [-0.1, -0.05) is 209 Å². The van der Waals surface area contributed by atoms with Gasteiger partial charge in [-0.05, 0) is 51.6 Å². The number of amides is 4. The average Bonchev–Trinajstić information content (AvgIpc) is 1.18. The van der Waals surface area contributed by atoms with Crippen LogP contribution in [0.5, 0.6) is 0 Å². The molecule has 4 amide bonds. The summed E-state index contributed by atoms with van der Waals surface area (Å²) in [7, 11) is 0. The molecule has 6 aromatic rings. The van der Waals surface area contributed by atoms with Crippen molar-refractivity contribution < 1.29 is 86.2 Å². The quantitative estimate of drug-likeness (QED) is 0.0100. The third-order valence-corrected chi connectivity index (χ3v) is 18.5. The normalized spacial score (nSPS) is 17.8. The molecule has 544 valence electrons. The van der Waals surface area contributed by atoms with Crippen LogP contribution in [0.25, 0.3) is 0 Å². The molecule has 3 heterocycles. The molecule has 4 fully saturated rings. The van der Waals surface area contributed by atoms with Crippen LogP contribution < -0.4 is 0 Å². The van der Waals surface area contributed by atoms with Gasteiger partial charge in [0.2, 0.25) is 0 Å². The number of allylic oxidation sites excluding steroid dienone is 2. The van der Waals surface area contributed by atoms with Gasteiger partial charge in [-0.3, -0.25) is 33.8 Å². The van der Waals surface area contributed by atoms with Crippen LogP contribution in [0.4, 0.5) is 9.59 Å².